The SMILES string of the molecule is C[C@H](CC(=O)[C@@H]1[C@H](C)C=CCC1(C)C)NCc1cccnc1. The fraction of sp³-hybridized carbons (Fsp3) is 0.579. The van der Waals surface area contributed by atoms with Crippen molar-refractivity contribution in [3.8, 4) is 0 Å². The molecule has 1 N–H and O–H groups in total. The molecule has 0 saturated carbocycles. The van der Waals surface area contributed by atoms with E-state index in [1.54, 1.807) is 6.20 Å². The summed E-state index contributed by atoms with van der Waals surface area (Å²) in [6.07, 6.45) is 9.63. The van der Waals surface area contributed by atoms with Crippen molar-refractivity contribution in [2.75, 3.05) is 0 Å². The smallest absolute Gasteiger partial charge is 0.138 e. The summed E-state index contributed by atoms with van der Waals surface area (Å²) in [5.74, 6) is 0.843. The van der Waals surface area contributed by atoms with E-state index in [9.17, 15) is 4.79 Å². The molecule has 120 valence electrons. The molecule has 3 atom stereocenters. The predicted octanol–water partition coefficient (Wildman–Crippen LogP) is 3.76. The number of nitrogens with one attached hydrogen (secondary N) is 1. The zero-order chi connectivity index (χ0) is 16.2. The third-order valence-electron chi connectivity index (χ3n) is 4.68. The number of pyridine rings is 1. The van der Waals surface area contributed by atoms with Crippen molar-refractivity contribution in [2.24, 2.45) is 17.3 Å². The second-order valence-electron chi connectivity index (χ2n) is 7.27. The number of hydrogen-bond acceptors (Lipinski definition) is 3. The zero-order valence-corrected chi connectivity index (χ0v) is 14.2. The lowest BCUT2D eigenvalue weighted by molar-refractivity contribution is -0.128. The van der Waals surface area contributed by atoms with Crippen LogP contribution in [0.3, 0.4) is 0 Å². The highest BCUT2D eigenvalue weighted by atomic mass is 16.1. The summed E-state index contributed by atoms with van der Waals surface area (Å²) in [6, 6.07) is 4.17. The molecule has 1 heterocycles. The maximum atomic E-state index is 12.8. The number of rotatable bonds is 6. The molecule has 3 nitrogen and oxygen atoms in total. The Balaban J connectivity index is 1.89. The van der Waals surface area contributed by atoms with Crippen molar-refractivity contribution < 1.29 is 4.79 Å². The Morgan fingerprint density at radius 1 is 1.50 bits per heavy atom. The molecule has 0 unspecified atom stereocenters. The molecular weight excluding hydrogens is 272 g/mol. The van der Waals surface area contributed by atoms with Crippen LogP contribution in [-0.4, -0.2) is 16.8 Å². The van der Waals surface area contributed by atoms with Gasteiger partial charge in [-0.25, -0.2) is 0 Å². The molecule has 0 fully saturated rings. The van der Waals surface area contributed by atoms with Gasteiger partial charge in [-0.3, -0.25) is 9.78 Å². The molecule has 1 aliphatic carbocycles. The van der Waals surface area contributed by atoms with Crippen molar-refractivity contribution in [2.45, 2.75) is 53.1 Å². The summed E-state index contributed by atoms with van der Waals surface area (Å²) in [4.78, 5) is 16.9. The highest BCUT2D eigenvalue weighted by Crippen LogP contribution is 2.41. The molecule has 1 aromatic rings. The summed E-state index contributed by atoms with van der Waals surface area (Å²) in [5.41, 5.74) is 1.21. The van der Waals surface area contributed by atoms with E-state index < -0.39 is 0 Å². The van der Waals surface area contributed by atoms with E-state index in [0.29, 0.717) is 18.1 Å². The summed E-state index contributed by atoms with van der Waals surface area (Å²) >= 11 is 0. The fourth-order valence-electron chi connectivity index (χ4n) is 3.56. The van der Waals surface area contributed by atoms with Crippen molar-refractivity contribution in [1.29, 1.82) is 0 Å². The minimum atomic E-state index is 0.0638. The molecule has 0 amide bonds. The van der Waals surface area contributed by atoms with Gasteiger partial charge in [-0.05, 0) is 36.3 Å². The minimum Gasteiger partial charge on any atom is -0.310 e. The maximum Gasteiger partial charge on any atom is 0.138 e. The number of Topliss-reactive ketones (excluding diaryl/α,β-unsaturated/α-hetero) is 1. The lowest BCUT2D eigenvalue weighted by Gasteiger charge is -2.39. The summed E-state index contributed by atoms with van der Waals surface area (Å²) in [7, 11) is 0. The zero-order valence-electron chi connectivity index (χ0n) is 14.2. The standard InChI is InChI=1S/C19H28N2O/c1-14-7-5-9-19(3,4)18(14)17(22)11-15(2)21-13-16-8-6-10-20-12-16/h5-8,10,12,14-15,18,21H,9,11,13H2,1-4H3/t14-,15-,18+/m1/s1. The number of carbonyl (C=O) groups excluding carboxylic acids is 1. The Labute approximate surface area is 134 Å². The fourth-order valence-corrected chi connectivity index (χ4v) is 3.56. The first kappa shape index (κ1) is 16.9. The van der Waals surface area contributed by atoms with Crippen LogP contribution in [0.5, 0.6) is 0 Å². The van der Waals surface area contributed by atoms with Crippen molar-refractivity contribution in [3.63, 3.8) is 0 Å². The van der Waals surface area contributed by atoms with E-state index in [-0.39, 0.29) is 17.4 Å². The highest BCUT2D eigenvalue weighted by molar-refractivity contribution is 5.83. The average molecular weight is 300 g/mol. The van der Waals surface area contributed by atoms with Gasteiger partial charge in [-0.15, -0.1) is 0 Å². The number of hydrogen-bond donors (Lipinski definition) is 1. The quantitative estimate of drug-likeness (QED) is 0.813. The molecule has 1 aromatic heterocycles. The van der Waals surface area contributed by atoms with Crippen molar-refractivity contribution in [1.82, 2.24) is 10.3 Å². The Kier molecular flexibility index (Phi) is 5.52. The van der Waals surface area contributed by atoms with Gasteiger partial charge in [-0.2, -0.15) is 0 Å². The molecule has 0 saturated heterocycles. The highest BCUT2D eigenvalue weighted by Gasteiger charge is 2.39. The largest absolute Gasteiger partial charge is 0.310 e. The summed E-state index contributed by atoms with van der Waals surface area (Å²) in [5, 5.41) is 3.43. The van der Waals surface area contributed by atoms with Gasteiger partial charge in [0, 0.05) is 37.3 Å². The van der Waals surface area contributed by atoms with Gasteiger partial charge in [0.1, 0.15) is 5.78 Å². The molecular formula is C19H28N2O. The van der Waals surface area contributed by atoms with E-state index in [1.807, 2.05) is 18.3 Å². The van der Waals surface area contributed by atoms with E-state index in [4.69, 9.17) is 0 Å². The number of allylic oxidation sites excluding steroid dienone is 2. The van der Waals surface area contributed by atoms with Crippen molar-refractivity contribution >= 4 is 5.78 Å². The minimum absolute atomic E-state index is 0.0638. The predicted molar refractivity (Wildman–Crippen MR) is 90.4 cm³/mol. The van der Waals surface area contributed by atoms with E-state index in [1.165, 1.54) is 0 Å². The van der Waals surface area contributed by atoms with Gasteiger partial charge in [0.25, 0.3) is 0 Å². The Morgan fingerprint density at radius 2 is 2.27 bits per heavy atom. The van der Waals surface area contributed by atoms with E-state index >= 15 is 0 Å². The molecule has 0 aromatic carbocycles. The third-order valence-corrected chi connectivity index (χ3v) is 4.68. The summed E-state index contributed by atoms with van der Waals surface area (Å²) in [6.45, 7) is 9.43. The molecule has 3 heteroatoms. The lowest BCUT2D eigenvalue weighted by atomic mass is 9.65. The van der Waals surface area contributed by atoms with Crippen LogP contribution < -0.4 is 5.32 Å². The van der Waals surface area contributed by atoms with Crippen molar-refractivity contribution in [3.05, 3.63) is 42.2 Å². The molecule has 1 aliphatic rings. The van der Waals surface area contributed by atoms with Crippen LogP contribution in [0.4, 0.5) is 0 Å². The number of nitrogens with zero attached hydrogens (tertiary/aromatic N) is 1. The maximum absolute atomic E-state index is 12.8. The van der Waals surface area contributed by atoms with Crippen LogP contribution in [0, 0.1) is 17.3 Å². The van der Waals surface area contributed by atoms with Crippen LogP contribution in [-0.2, 0) is 11.3 Å². The molecule has 2 rings (SSSR count). The van der Waals surface area contributed by atoms with Crippen LogP contribution in [0.25, 0.3) is 0 Å². The molecule has 0 radical (unpaired) electrons. The normalized spacial score (nSPS) is 24.9. The Morgan fingerprint density at radius 3 is 2.91 bits per heavy atom. The first-order valence-corrected chi connectivity index (χ1v) is 8.22. The molecule has 0 aliphatic heterocycles. The van der Waals surface area contributed by atoms with Crippen LogP contribution in [0.1, 0.15) is 46.1 Å². The van der Waals surface area contributed by atoms with Gasteiger partial charge in [0.2, 0.25) is 0 Å². The number of carbonyl (C=O) groups is 1. The Bertz CT molecular complexity index is 521. The number of ketones is 1. The van der Waals surface area contributed by atoms with Gasteiger partial charge >= 0.3 is 0 Å². The third kappa shape index (κ3) is 4.26. The second-order valence-corrected chi connectivity index (χ2v) is 7.27. The summed E-state index contributed by atoms with van der Waals surface area (Å²) < 4.78 is 0. The molecule has 0 bridgehead atoms. The van der Waals surface area contributed by atoms with Crippen LogP contribution >= 0.6 is 0 Å². The van der Waals surface area contributed by atoms with Crippen LogP contribution in [0.2, 0.25) is 0 Å². The molecule has 0 spiro atoms. The van der Waals surface area contributed by atoms with Gasteiger partial charge in [0.15, 0.2) is 0 Å². The van der Waals surface area contributed by atoms with Gasteiger partial charge in [-0.1, -0.05) is 39.0 Å². The van der Waals surface area contributed by atoms with E-state index in [0.717, 1.165) is 18.5 Å². The first-order chi connectivity index (χ1) is 10.4. The average Bonchev–Trinajstić information content (AvgIpc) is 2.45. The van der Waals surface area contributed by atoms with Crippen LogP contribution in [0.15, 0.2) is 36.7 Å². The second kappa shape index (κ2) is 7.19. The molecule has 22 heavy (non-hydrogen) atoms. The number of aromatic nitrogens is 1. The van der Waals surface area contributed by atoms with E-state index in [2.05, 4.69) is 50.1 Å². The topological polar surface area (TPSA) is 42.0 Å². The van der Waals surface area contributed by atoms with Gasteiger partial charge in [0.05, 0.1) is 0 Å². The van der Waals surface area contributed by atoms with Gasteiger partial charge < -0.3 is 5.32 Å². The first-order valence-electron chi connectivity index (χ1n) is 8.22. The lowest BCUT2D eigenvalue weighted by Crippen LogP contribution is -2.40. The Hall–Kier alpha value is -1.48. The monoisotopic (exact) mass is 300 g/mol.